The van der Waals surface area contributed by atoms with Gasteiger partial charge in [0.2, 0.25) is 5.13 Å². The zero-order valence-electron chi connectivity index (χ0n) is 11.3. The minimum absolute atomic E-state index is 0.257. The first-order valence-corrected chi connectivity index (χ1v) is 7.14. The fraction of sp³-hybridized carbons (Fsp3) is 0.125. The molecule has 0 bridgehead atoms. The Morgan fingerprint density at radius 1 is 1.10 bits per heavy atom. The van der Waals surface area contributed by atoms with E-state index in [1.165, 1.54) is 11.1 Å². The second-order valence-electron chi connectivity index (χ2n) is 4.75. The Morgan fingerprint density at radius 3 is 2.55 bits per heavy atom. The van der Waals surface area contributed by atoms with Crippen molar-refractivity contribution in [2.24, 2.45) is 4.99 Å². The lowest BCUT2D eigenvalue weighted by Gasteiger charge is -1.96. The Bertz CT molecular complexity index is 749. The van der Waals surface area contributed by atoms with Crippen LogP contribution in [0.5, 0.6) is 5.75 Å². The molecule has 0 aliphatic rings. The summed E-state index contributed by atoms with van der Waals surface area (Å²) in [5.74, 6) is 0.257. The van der Waals surface area contributed by atoms with Gasteiger partial charge >= 0.3 is 0 Å². The van der Waals surface area contributed by atoms with Crippen LogP contribution in [0.25, 0.3) is 10.2 Å². The van der Waals surface area contributed by atoms with E-state index in [1.807, 2.05) is 12.1 Å². The molecule has 4 heteroatoms. The minimum Gasteiger partial charge on any atom is -0.508 e. The van der Waals surface area contributed by atoms with Gasteiger partial charge in [-0.3, -0.25) is 0 Å². The van der Waals surface area contributed by atoms with Crippen molar-refractivity contribution in [1.29, 1.82) is 0 Å². The molecule has 0 atom stereocenters. The molecule has 0 aliphatic heterocycles. The van der Waals surface area contributed by atoms with Crippen molar-refractivity contribution in [1.82, 2.24) is 4.98 Å². The third kappa shape index (κ3) is 2.56. The van der Waals surface area contributed by atoms with Crippen LogP contribution in [0.1, 0.15) is 16.7 Å². The lowest BCUT2D eigenvalue weighted by atomic mass is 10.1. The van der Waals surface area contributed by atoms with Crippen LogP contribution in [-0.4, -0.2) is 16.3 Å². The number of nitrogens with zero attached hydrogens (tertiary/aromatic N) is 2. The third-order valence-corrected chi connectivity index (χ3v) is 4.14. The molecule has 3 aromatic rings. The molecule has 1 aromatic heterocycles. The largest absolute Gasteiger partial charge is 0.508 e. The molecule has 0 fully saturated rings. The summed E-state index contributed by atoms with van der Waals surface area (Å²) in [7, 11) is 0. The van der Waals surface area contributed by atoms with Crippen LogP contribution in [0.2, 0.25) is 0 Å². The van der Waals surface area contributed by atoms with E-state index in [0.29, 0.717) is 0 Å². The number of aromatic nitrogens is 1. The average Bonchev–Trinajstić information content (AvgIpc) is 2.80. The summed E-state index contributed by atoms with van der Waals surface area (Å²) >= 11 is 1.58. The molecule has 0 saturated carbocycles. The lowest BCUT2D eigenvalue weighted by molar-refractivity contribution is 0.475. The molecule has 0 spiro atoms. The monoisotopic (exact) mass is 282 g/mol. The number of aryl methyl sites for hydroxylation is 2. The standard InChI is InChI=1S/C16H14N2OS/c1-10-7-14-15(8-11(10)2)20-16(18-14)17-9-12-3-5-13(19)6-4-12/h3-9,19H,1-2H3/b17-9+. The number of rotatable bonds is 2. The number of aromatic hydroxyl groups is 1. The average molecular weight is 282 g/mol. The second-order valence-corrected chi connectivity index (χ2v) is 5.76. The summed E-state index contributed by atoms with van der Waals surface area (Å²) in [5.41, 5.74) is 4.46. The molecule has 0 radical (unpaired) electrons. The van der Waals surface area contributed by atoms with Crippen molar-refractivity contribution in [3.63, 3.8) is 0 Å². The molecule has 20 heavy (non-hydrogen) atoms. The molecule has 0 aliphatic carbocycles. The summed E-state index contributed by atoms with van der Waals surface area (Å²) in [4.78, 5) is 8.92. The number of benzene rings is 2. The third-order valence-electron chi connectivity index (χ3n) is 3.21. The fourth-order valence-corrected chi connectivity index (χ4v) is 2.80. The quantitative estimate of drug-likeness (QED) is 0.709. The molecular weight excluding hydrogens is 268 g/mol. The van der Waals surface area contributed by atoms with Gasteiger partial charge < -0.3 is 5.11 Å². The predicted octanol–water partition coefficient (Wildman–Crippen LogP) is 4.37. The van der Waals surface area contributed by atoms with Gasteiger partial charge in [-0.05, 0) is 66.9 Å². The van der Waals surface area contributed by atoms with Gasteiger partial charge in [0.1, 0.15) is 5.75 Å². The van der Waals surface area contributed by atoms with Gasteiger partial charge in [-0.1, -0.05) is 11.3 Å². The van der Waals surface area contributed by atoms with E-state index in [9.17, 15) is 5.11 Å². The smallest absolute Gasteiger partial charge is 0.210 e. The van der Waals surface area contributed by atoms with Gasteiger partial charge in [-0.2, -0.15) is 0 Å². The van der Waals surface area contributed by atoms with Crippen LogP contribution < -0.4 is 0 Å². The van der Waals surface area contributed by atoms with Gasteiger partial charge in [0, 0.05) is 6.21 Å². The Kier molecular flexibility index (Phi) is 3.24. The van der Waals surface area contributed by atoms with Crippen molar-refractivity contribution < 1.29 is 5.11 Å². The molecule has 100 valence electrons. The molecule has 3 rings (SSSR count). The molecule has 0 saturated heterocycles. The first-order chi connectivity index (χ1) is 9.61. The molecule has 1 N–H and O–H groups in total. The number of hydrogen-bond donors (Lipinski definition) is 1. The van der Waals surface area contributed by atoms with Crippen LogP contribution in [0.3, 0.4) is 0 Å². The van der Waals surface area contributed by atoms with E-state index in [4.69, 9.17) is 0 Å². The Morgan fingerprint density at radius 2 is 1.80 bits per heavy atom. The molecule has 0 amide bonds. The van der Waals surface area contributed by atoms with Crippen molar-refractivity contribution >= 4 is 32.9 Å². The predicted molar refractivity (Wildman–Crippen MR) is 84.5 cm³/mol. The topological polar surface area (TPSA) is 45.5 Å². The second kappa shape index (κ2) is 5.06. The highest BCUT2D eigenvalue weighted by Gasteiger charge is 2.04. The van der Waals surface area contributed by atoms with Crippen LogP contribution in [0, 0.1) is 13.8 Å². The first kappa shape index (κ1) is 12.8. The maximum atomic E-state index is 9.23. The summed E-state index contributed by atoms with van der Waals surface area (Å²) in [6.45, 7) is 4.20. The SMILES string of the molecule is Cc1cc2nc(/N=C/c3ccc(O)cc3)sc2cc1C. The van der Waals surface area contributed by atoms with Crippen molar-refractivity contribution in [3.05, 3.63) is 53.1 Å². The van der Waals surface area contributed by atoms with E-state index >= 15 is 0 Å². The molecule has 1 heterocycles. The number of thiazole rings is 1. The molecule has 3 nitrogen and oxygen atoms in total. The number of phenolic OH excluding ortho intramolecular Hbond substituents is 1. The molecule has 0 unspecified atom stereocenters. The molecular formula is C16H14N2OS. The van der Waals surface area contributed by atoms with Crippen molar-refractivity contribution in [3.8, 4) is 5.75 Å². The first-order valence-electron chi connectivity index (χ1n) is 6.33. The van der Waals surface area contributed by atoms with E-state index in [0.717, 1.165) is 20.9 Å². The summed E-state index contributed by atoms with van der Waals surface area (Å²) in [6, 6.07) is 11.2. The van der Waals surface area contributed by atoms with E-state index in [1.54, 1.807) is 29.7 Å². The zero-order chi connectivity index (χ0) is 14.1. The van der Waals surface area contributed by atoms with Crippen LogP contribution in [0.4, 0.5) is 5.13 Å². The number of hydrogen-bond acceptors (Lipinski definition) is 4. The highest BCUT2D eigenvalue weighted by atomic mass is 32.1. The van der Waals surface area contributed by atoms with Gasteiger partial charge in [-0.15, -0.1) is 0 Å². The number of phenols is 1. The Labute approximate surface area is 121 Å². The van der Waals surface area contributed by atoms with Crippen molar-refractivity contribution in [2.75, 3.05) is 0 Å². The summed E-state index contributed by atoms with van der Waals surface area (Å²) in [6.07, 6.45) is 1.76. The maximum Gasteiger partial charge on any atom is 0.210 e. The van der Waals surface area contributed by atoms with E-state index in [-0.39, 0.29) is 5.75 Å². The van der Waals surface area contributed by atoms with E-state index in [2.05, 4.69) is 36.0 Å². The van der Waals surface area contributed by atoms with Gasteiger partial charge in [0.15, 0.2) is 0 Å². The minimum atomic E-state index is 0.257. The van der Waals surface area contributed by atoms with Gasteiger partial charge in [0.25, 0.3) is 0 Å². The normalized spacial score (nSPS) is 11.5. The summed E-state index contributed by atoms with van der Waals surface area (Å²) in [5, 5.41) is 9.98. The van der Waals surface area contributed by atoms with E-state index < -0.39 is 0 Å². The lowest BCUT2D eigenvalue weighted by Crippen LogP contribution is -1.79. The Balaban J connectivity index is 1.92. The number of fused-ring (bicyclic) bond motifs is 1. The highest BCUT2D eigenvalue weighted by Crippen LogP contribution is 2.30. The zero-order valence-corrected chi connectivity index (χ0v) is 12.1. The van der Waals surface area contributed by atoms with Gasteiger partial charge in [0.05, 0.1) is 10.2 Å². The highest BCUT2D eigenvalue weighted by molar-refractivity contribution is 7.22. The molecule has 2 aromatic carbocycles. The maximum absolute atomic E-state index is 9.23. The van der Waals surface area contributed by atoms with Crippen LogP contribution in [-0.2, 0) is 0 Å². The van der Waals surface area contributed by atoms with Gasteiger partial charge in [-0.25, -0.2) is 9.98 Å². The Hall–Kier alpha value is -2.20. The van der Waals surface area contributed by atoms with Crippen LogP contribution in [0.15, 0.2) is 41.4 Å². The summed E-state index contributed by atoms with van der Waals surface area (Å²) < 4.78 is 1.16. The number of aliphatic imine (C=N–C) groups is 1. The fourth-order valence-electron chi connectivity index (χ4n) is 1.91. The van der Waals surface area contributed by atoms with Crippen molar-refractivity contribution in [2.45, 2.75) is 13.8 Å². The van der Waals surface area contributed by atoms with Crippen LogP contribution >= 0.6 is 11.3 Å².